The lowest BCUT2D eigenvalue weighted by Crippen LogP contribution is -2.47. The number of aliphatic hydroxyl groups excluding tert-OH is 2. The second-order valence-electron chi connectivity index (χ2n) is 5.92. The molecule has 0 spiro atoms. The zero-order valence-corrected chi connectivity index (χ0v) is 13.0. The summed E-state index contributed by atoms with van der Waals surface area (Å²) in [5.74, 6) is -1.84. The molecule has 1 aliphatic rings. The van der Waals surface area contributed by atoms with Crippen molar-refractivity contribution in [3.8, 4) is 0 Å². The molecule has 0 aromatic heterocycles. The molecule has 1 saturated heterocycles. The van der Waals surface area contributed by atoms with Gasteiger partial charge in [-0.3, -0.25) is 14.4 Å². The van der Waals surface area contributed by atoms with Crippen molar-refractivity contribution >= 4 is 17.6 Å². The van der Waals surface area contributed by atoms with Crippen molar-refractivity contribution < 1.29 is 29.3 Å². The summed E-state index contributed by atoms with van der Waals surface area (Å²) in [4.78, 5) is 36.7. The van der Waals surface area contributed by atoms with Crippen LogP contribution in [0, 0.1) is 5.41 Å². The van der Waals surface area contributed by atoms with Crippen LogP contribution < -0.4 is 5.32 Å². The summed E-state index contributed by atoms with van der Waals surface area (Å²) >= 11 is 0. The number of nitrogens with one attached hydrogen (secondary N) is 1. The number of nitrogens with zero attached hydrogens (tertiary/aromatic N) is 1. The molecule has 3 N–H and O–H groups in total. The van der Waals surface area contributed by atoms with Crippen LogP contribution in [0.4, 0.5) is 0 Å². The number of hydrogen-bond acceptors (Lipinski definition) is 6. The Hall–Kier alpha value is -1.51. The number of carbonyl (C=O) groups is 3. The minimum absolute atomic E-state index is 0.0354. The SMILES string of the molecule is CC(C)(CO)[C@@H](O)C(=O)NCCC(=O)C(=O)N1CCOCC1. The summed E-state index contributed by atoms with van der Waals surface area (Å²) in [5, 5.41) is 21.3. The highest BCUT2D eigenvalue weighted by molar-refractivity contribution is 6.36. The van der Waals surface area contributed by atoms with Crippen molar-refractivity contribution in [2.45, 2.75) is 26.4 Å². The standard InChI is InChI=1S/C14H24N2O6/c1-14(2,9-17)11(19)12(20)15-4-3-10(18)13(21)16-5-7-22-8-6-16/h11,17,19H,3-9H2,1-2H3,(H,15,20)/t11-/m0/s1. The van der Waals surface area contributed by atoms with Crippen molar-refractivity contribution in [1.82, 2.24) is 10.2 Å². The quantitative estimate of drug-likeness (QED) is 0.482. The van der Waals surface area contributed by atoms with E-state index >= 15 is 0 Å². The van der Waals surface area contributed by atoms with Gasteiger partial charge in [0.2, 0.25) is 11.7 Å². The third kappa shape index (κ3) is 5.04. The predicted molar refractivity (Wildman–Crippen MR) is 76.9 cm³/mol. The maximum atomic E-state index is 11.8. The predicted octanol–water partition coefficient (Wildman–Crippen LogP) is -1.70. The third-order valence-corrected chi connectivity index (χ3v) is 3.58. The van der Waals surface area contributed by atoms with Crippen LogP contribution in [-0.4, -0.2) is 78.3 Å². The average Bonchev–Trinajstić information content (AvgIpc) is 2.53. The molecule has 0 unspecified atom stereocenters. The van der Waals surface area contributed by atoms with Crippen molar-refractivity contribution in [1.29, 1.82) is 0 Å². The van der Waals surface area contributed by atoms with E-state index in [9.17, 15) is 19.5 Å². The summed E-state index contributed by atoms with van der Waals surface area (Å²) in [6, 6.07) is 0. The molecule has 8 nitrogen and oxygen atoms in total. The van der Waals surface area contributed by atoms with Crippen LogP contribution in [0.25, 0.3) is 0 Å². The first-order valence-corrected chi connectivity index (χ1v) is 7.26. The van der Waals surface area contributed by atoms with Crippen molar-refractivity contribution in [2.75, 3.05) is 39.5 Å². The molecule has 8 heteroatoms. The number of amides is 2. The van der Waals surface area contributed by atoms with E-state index in [1.54, 1.807) is 13.8 Å². The fourth-order valence-corrected chi connectivity index (χ4v) is 1.89. The first-order valence-electron chi connectivity index (χ1n) is 7.26. The molecule has 0 saturated carbocycles. The average molecular weight is 316 g/mol. The molecule has 1 heterocycles. The van der Waals surface area contributed by atoms with Gasteiger partial charge in [-0.15, -0.1) is 0 Å². The Bertz CT molecular complexity index is 418. The van der Waals surface area contributed by atoms with Gasteiger partial charge in [-0.05, 0) is 0 Å². The third-order valence-electron chi connectivity index (χ3n) is 3.58. The summed E-state index contributed by atoms with van der Waals surface area (Å²) in [6.07, 6.45) is -1.52. The van der Waals surface area contributed by atoms with E-state index in [1.165, 1.54) is 4.90 Å². The Balaban J connectivity index is 2.35. The van der Waals surface area contributed by atoms with Crippen LogP contribution in [0.5, 0.6) is 0 Å². The minimum atomic E-state index is -1.39. The molecule has 0 aliphatic carbocycles. The molecule has 1 aliphatic heterocycles. The summed E-state index contributed by atoms with van der Waals surface area (Å²) in [6.45, 7) is 4.31. The highest BCUT2D eigenvalue weighted by Gasteiger charge is 2.33. The molecule has 22 heavy (non-hydrogen) atoms. The lowest BCUT2D eigenvalue weighted by atomic mass is 9.87. The van der Waals surface area contributed by atoms with E-state index in [0.717, 1.165) is 0 Å². The molecular formula is C14H24N2O6. The Morgan fingerprint density at radius 1 is 1.27 bits per heavy atom. The van der Waals surface area contributed by atoms with Crippen LogP contribution in [0.2, 0.25) is 0 Å². The molecular weight excluding hydrogens is 292 g/mol. The molecule has 126 valence electrons. The summed E-state index contributed by atoms with van der Waals surface area (Å²) < 4.78 is 5.10. The first-order chi connectivity index (χ1) is 10.3. The zero-order valence-electron chi connectivity index (χ0n) is 13.0. The van der Waals surface area contributed by atoms with E-state index in [4.69, 9.17) is 9.84 Å². The smallest absolute Gasteiger partial charge is 0.290 e. The second kappa shape index (κ2) is 8.21. The highest BCUT2D eigenvalue weighted by Crippen LogP contribution is 2.19. The topological polar surface area (TPSA) is 116 Å². The number of hydrogen-bond donors (Lipinski definition) is 3. The van der Waals surface area contributed by atoms with Gasteiger partial charge in [0.15, 0.2) is 0 Å². The number of ketones is 1. The Kier molecular flexibility index (Phi) is 6.92. The van der Waals surface area contributed by atoms with E-state index in [2.05, 4.69) is 5.32 Å². The minimum Gasteiger partial charge on any atom is -0.396 e. The lowest BCUT2D eigenvalue weighted by Gasteiger charge is -2.27. The van der Waals surface area contributed by atoms with Gasteiger partial charge in [-0.25, -0.2) is 0 Å². The number of morpholine rings is 1. The van der Waals surface area contributed by atoms with Gasteiger partial charge in [0.25, 0.3) is 5.91 Å². The Morgan fingerprint density at radius 3 is 2.41 bits per heavy atom. The number of ether oxygens (including phenoxy) is 1. The molecule has 0 bridgehead atoms. The maximum absolute atomic E-state index is 11.8. The number of rotatable bonds is 7. The number of Topliss-reactive ketones (excluding diaryl/α,β-unsaturated/α-hetero) is 1. The molecule has 1 fully saturated rings. The molecule has 1 rings (SSSR count). The lowest BCUT2D eigenvalue weighted by molar-refractivity contribution is -0.147. The summed E-state index contributed by atoms with van der Waals surface area (Å²) in [5.41, 5.74) is -0.974. The van der Waals surface area contributed by atoms with Crippen LogP contribution in [-0.2, 0) is 19.1 Å². The van der Waals surface area contributed by atoms with Gasteiger partial charge in [0, 0.05) is 31.5 Å². The molecule has 0 radical (unpaired) electrons. The van der Waals surface area contributed by atoms with Crippen LogP contribution in [0.3, 0.4) is 0 Å². The maximum Gasteiger partial charge on any atom is 0.290 e. The van der Waals surface area contributed by atoms with E-state index in [0.29, 0.717) is 26.3 Å². The normalized spacial score (nSPS) is 17.0. The zero-order chi connectivity index (χ0) is 16.8. The van der Waals surface area contributed by atoms with E-state index in [-0.39, 0.29) is 19.6 Å². The fraction of sp³-hybridized carbons (Fsp3) is 0.786. The largest absolute Gasteiger partial charge is 0.396 e. The van der Waals surface area contributed by atoms with Crippen molar-refractivity contribution in [2.24, 2.45) is 5.41 Å². The van der Waals surface area contributed by atoms with E-state index < -0.39 is 29.1 Å². The van der Waals surface area contributed by atoms with Gasteiger partial charge in [0.05, 0.1) is 19.8 Å². The fourth-order valence-electron chi connectivity index (χ4n) is 1.89. The van der Waals surface area contributed by atoms with Crippen LogP contribution >= 0.6 is 0 Å². The molecule has 0 aromatic carbocycles. The molecule has 0 aromatic rings. The van der Waals surface area contributed by atoms with Gasteiger partial charge >= 0.3 is 0 Å². The molecule has 1 atom stereocenters. The van der Waals surface area contributed by atoms with Crippen LogP contribution in [0.1, 0.15) is 20.3 Å². The van der Waals surface area contributed by atoms with Gasteiger partial charge in [0.1, 0.15) is 6.10 Å². The van der Waals surface area contributed by atoms with Crippen molar-refractivity contribution in [3.63, 3.8) is 0 Å². The monoisotopic (exact) mass is 316 g/mol. The Morgan fingerprint density at radius 2 is 1.86 bits per heavy atom. The van der Waals surface area contributed by atoms with Gasteiger partial charge in [-0.2, -0.15) is 0 Å². The van der Waals surface area contributed by atoms with Gasteiger partial charge < -0.3 is 25.2 Å². The van der Waals surface area contributed by atoms with E-state index in [1.807, 2.05) is 0 Å². The first kappa shape index (κ1) is 18.5. The van der Waals surface area contributed by atoms with Crippen molar-refractivity contribution in [3.05, 3.63) is 0 Å². The highest BCUT2D eigenvalue weighted by atomic mass is 16.5. The Labute approximate surface area is 129 Å². The van der Waals surface area contributed by atoms with Crippen LogP contribution in [0.15, 0.2) is 0 Å². The molecule has 2 amide bonds. The number of aliphatic hydroxyl groups is 2. The number of carbonyl (C=O) groups excluding carboxylic acids is 3. The second-order valence-corrected chi connectivity index (χ2v) is 5.92. The van der Waals surface area contributed by atoms with Gasteiger partial charge in [-0.1, -0.05) is 13.8 Å². The summed E-state index contributed by atoms with van der Waals surface area (Å²) in [7, 11) is 0.